The summed E-state index contributed by atoms with van der Waals surface area (Å²) in [5.74, 6) is 0.922. The maximum absolute atomic E-state index is 15.4. The number of hydrogen-bond acceptors (Lipinski definition) is 8. The number of halogens is 1. The van der Waals surface area contributed by atoms with Gasteiger partial charge in [-0.2, -0.15) is 4.98 Å². The van der Waals surface area contributed by atoms with E-state index in [0.717, 1.165) is 21.3 Å². The van der Waals surface area contributed by atoms with Crippen LogP contribution >= 0.6 is 0 Å². The van der Waals surface area contributed by atoms with Crippen molar-refractivity contribution in [3.05, 3.63) is 118 Å². The number of anilines is 1. The van der Waals surface area contributed by atoms with Gasteiger partial charge in [-0.3, -0.25) is 9.36 Å². The van der Waals surface area contributed by atoms with Gasteiger partial charge in [-0.15, -0.1) is 0 Å². The topological polar surface area (TPSA) is 121 Å². The number of nitrogens with one attached hydrogen (secondary N) is 1. The number of carbonyl (C=O) groups is 1. The van der Waals surface area contributed by atoms with Crippen molar-refractivity contribution in [2.75, 3.05) is 26.1 Å². The molecule has 4 aromatic rings. The van der Waals surface area contributed by atoms with Gasteiger partial charge < -0.3 is 29.4 Å². The number of nitrogens with zero attached hydrogens (tertiary/aromatic N) is 2. The summed E-state index contributed by atoms with van der Waals surface area (Å²) in [6, 6.07) is 25.6. The van der Waals surface area contributed by atoms with Crippen molar-refractivity contribution in [2.45, 2.75) is 37.1 Å². The van der Waals surface area contributed by atoms with Gasteiger partial charge in [-0.05, 0) is 47.0 Å². The van der Waals surface area contributed by atoms with Crippen molar-refractivity contribution < 1.29 is 33.2 Å². The molecule has 224 valence electrons. The zero-order valence-electron chi connectivity index (χ0n) is 23.8. The van der Waals surface area contributed by atoms with Gasteiger partial charge in [0.2, 0.25) is 5.91 Å². The van der Waals surface area contributed by atoms with Crippen LogP contribution in [-0.4, -0.2) is 59.8 Å². The average molecular weight is 590 g/mol. The van der Waals surface area contributed by atoms with Crippen LogP contribution in [0.3, 0.4) is 0 Å². The number of benzene rings is 3. The number of amides is 1. The second-order valence-electron chi connectivity index (χ2n) is 10.00. The van der Waals surface area contributed by atoms with Crippen LogP contribution in [0, 0.1) is 0 Å². The van der Waals surface area contributed by atoms with E-state index in [1.807, 2.05) is 78.9 Å². The van der Waals surface area contributed by atoms with Crippen LogP contribution in [0.5, 0.6) is 11.5 Å². The summed E-state index contributed by atoms with van der Waals surface area (Å²) in [5.41, 5.74) is 0.215. The third kappa shape index (κ3) is 6.00. The number of ether oxygens (including phenoxy) is 4. The SMILES string of the molecule is COc1ccc(C(OCC2OC(n3ccc(NC(C)=O)nc3=O)[C@@H](F)C2O)(c2ccccc2)c2ccc(OC)cc2)cc1. The van der Waals surface area contributed by atoms with Crippen molar-refractivity contribution in [1.82, 2.24) is 9.55 Å². The second-order valence-corrected chi connectivity index (χ2v) is 10.00. The molecule has 1 amide bonds. The molecule has 1 aliphatic heterocycles. The third-order valence-electron chi connectivity index (χ3n) is 7.34. The molecule has 0 bridgehead atoms. The molecular weight excluding hydrogens is 557 g/mol. The van der Waals surface area contributed by atoms with E-state index in [4.69, 9.17) is 18.9 Å². The molecule has 0 radical (unpaired) electrons. The number of carbonyl (C=O) groups excluding carboxylic acids is 1. The maximum Gasteiger partial charge on any atom is 0.351 e. The zero-order valence-corrected chi connectivity index (χ0v) is 23.8. The number of aliphatic hydroxyl groups excluding tert-OH is 1. The van der Waals surface area contributed by atoms with E-state index < -0.39 is 41.8 Å². The number of methoxy groups -OCH3 is 2. The summed E-state index contributed by atoms with van der Waals surface area (Å²) >= 11 is 0. The Morgan fingerprint density at radius 2 is 1.51 bits per heavy atom. The molecule has 1 aromatic heterocycles. The lowest BCUT2D eigenvalue weighted by Crippen LogP contribution is -2.39. The monoisotopic (exact) mass is 589 g/mol. The smallest absolute Gasteiger partial charge is 0.351 e. The Hall–Kier alpha value is -4.58. The molecule has 0 aliphatic carbocycles. The van der Waals surface area contributed by atoms with Crippen LogP contribution in [-0.2, 0) is 19.9 Å². The van der Waals surface area contributed by atoms with E-state index in [1.54, 1.807) is 14.2 Å². The lowest BCUT2D eigenvalue weighted by atomic mass is 9.80. The Morgan fingerprint density at radius 3 is 2.02 bits per heavy atom. The predicted octanol–water partition coefficient (Wildman–Crippen LogP) is 3.82. The van der Waals surface area contributed by atoms with Gasteiger partial charge in [0.25, 0.3) is 0 Å². The molecule has 43 heavy (non-hydrogen) atoms. The minimum absolute atomic E-state index is 0.0224. The summed E-state index contributed by atoms with van der Waals surface area (Å²) in [6.07, 6.45) is -4.89. The van der Waals surface area contributed by atoms with E-state index in [9.17, 15) is 14.7 Å². The fourth-order valence-electron chi connectivity index (χ4n) is 5.20. The van der Waals surface area contributed by atoms with Crippen molar-refractivity contribution >= 4 is 11.7 Å². The summed E-state index contributed by atoms with van der Waals surface area (Å²) in [4.78, 5) is 27.8. The molecule has 5 rings (SSSR count). The van der Waals surface area contributed by atoms with E-state index in [1.165, 1.54) is 19.2 Å². The van der Waals surface area contributed by atoms with Crippen molar-refractivity contribution in [2.24, 2.45) is 0 Å². The van der Waals surface area contributed by atoms with Gasteiger partial charge in [0.05, 0.1) is 20.8 Å². The normalized spacial score (nSPS) is 20.0. The molecule has 0 saturated carbocycles. The van der Waals surface area contributed by atoms with Crippen molar-refractivity contribution in [3.63, 3.8) is 0 Å². The van der Waals surface area contributed by atoms with Crippen LogP contribution in [0.2, 0.25) is 0 Å². The highest BCUT2D eigenvalue weighted by Gasteiger charge is 2.47. The number of aliphatic hydroxyl groups is 1. The van der Waals surface area contributed by atoms with Crippen LogP contribution in [0.4, 0.5) is 10.2 Å². The second kappa shape index (κ2) is 12.7. The van der Waals surface area contributed by atoms with E-state index >= 15 is 4.39 Å². The summed E-state index contributed by atoms with van der Waals surface area (Å²) < 4.78 is 39.8. The fourth-order valence-corrected chi connectivity index (χ4v) is 5.20. The Labute approximate surface area is 247 Å². The van der Waals surface area contributed by atoms with Crippen molar-refractivity contribution in [3.8, 4) is 11.5 Å². The predicted molar refractivity (Wildman–Crippen MR) is 156 cm³/mol. The molecule has 1 aliphatic rings. The highest BCUT2D eigenvalue weighted by Crippen LogP contribution is 2.43. The maximum atomic E-state index is 15.4. The van der Waals surface area contributed by atoms with Gasteiger partial charge >= 0.3 is 5.69 Å². The Morgan fingerprint density at radius 1 is 0.953 bits per heavy atom. The highest BCUT2D eigenvalue weighted by molar-refractivity contribution is 5.87. The summed E-state index contributed by atoms with van der Waals surface area (Å²) in [5, 5.41) is 13.3. The zero-order chi connectivity index (χ0) is 30.6. The molecule has 10 nitrogen and oxygen atoms in total. The molecule has 3 unspecified atom stereocenters. The molecule has 1 saturated heterocycles. The highest BCUT2D eigenvalue weighted by atomic mass is 19.1. The van der Waals surface area contributed by atoms with Gasteiger partial charge in [-0.1, -0.05) is 54.6 Å². The number of aromatic nitrogens is 2. The Balaban J connectivity index is 1.51. The first-order chi connectivity index (χ1) is 20.8. The van der Waals surface area contributed by atoms with Gasteiger partial charge in [-0.25, -0.2) is 9.18 Å². The van der Waals surface area contributed by atoms with E-state index in [-0.39, 0.29) is 12.4 Å². The summed E-state index contributed by atoms with van der Waals surface area (Å²) in [6.45, 7) is 1.04. The lowest BCUT2D eigenvalue weighted by Gasteiger charge is -2.37. The first-order valence-corrected chi connectivity index (χ1v) is 13.6. The lowest BCUT2D eigenvalue weighted by molar-refractivity contribution is -0.114. The number of rotatable bonds is 10. The van der Waals surface area contributed by atoms with E-state index in [0.29, 0.717) is 11.5 Å². The first kappa shape index (κ1) is 29.9. The molecule has 1 fully saturated rings. The van der Waals surface area contributed by atoms with Gasteiger partial charge in [0.1, 0.15) is 35.1 Å². The van der Waals surface area contributed by atoms with Gasteiger partial charge in [0.15, 0.2) is 12.4 Å². The number of alkyl halides is 1. The van der Waals surface area contributed by atoms with Gasteiger partial charge in [0, 0.05) is 13.1 Å². The van der Waals surface area contributed by atoms with Crippen LogP contribution in [0.1, 0.15) is 29.8 Å². The van der Waals surface area contributed by atoms with Crippen LogP contribution in [0.25, 0.3) is 0 Å². The minimum Gasteiger partial charge on any atom is -0.497 e. The average Bonchev–Trinajstić information content (AvgIpc) is 3.31. The molecule has 11 heteroatoms. The Kier molecular flexibility index (Phi) is 8.86. The quantitative estimate of drug-likeness (QED) is 0.268. The molecule has 0 spiro atoms. The van der Waals surface area contributed by atoms with Crippen molar-refractivity contribution in [1.29, 1.82) is 0 Å². The third-order valence-corrected chi connectivity index (χ3v) is 7.34. The Bertz CT molecular complexity index is 1550. The van der Waals surface area contributed by atoms with Crippen LogP contribution < -0.4 is 20.5 Å². The molecular formula is C32H32FN3O7. The summed E-state index contributed by atoms with van der Waals surface area (Å²) in [7, 11) is 3.16. The van der Waals surface area contributed by atoms with Crippen LogP contribution in [0.15, 0.2) is 95.9 Å². The number of hydrogen-bond donors (Lipinski definition) is 2. The fraction of sp³-hybridized carbons (Fsp3) is 0.281. The molecule has 2 N–H and O–H groups in total. The minimum atomic E-state index is -1.95. The standard InChI is InChI=1S/C32H32FN3O7/c1-20(37)34-27-17-18-36(31(39)35-27)30-28(33)29(38)26(43-30)19-42-32(21-7-5-4-6-8-21,22-9-13-24(40-2)14-10-22)23-11-15-25(41-3)16-12-23/h4-18,26,28-30,38H,19H2,1-3H3,(H,34,35,37,39)/t26?,28-,29?,30?/m0/s1. The molecule has 4 atom stereocenters. The molecule has 2 heterocycles. The molecule has 3 aromatic carbocycles. The first-order valence-electron chi connectivity index (χ1n) is 13.6. The largest absolute Gasteiger partial charge is 0.497 e. The van der Waals surface area contributed by atoms with E-state index in [2.05, 4.69) is 10.3 Å².